The maximum Gasteiger partial charge on any atom is 0.150 e. The summed E-state index contributed by atoms with van der Waals surface area (Å²) < 4.78 is 22.6. The third-order valence-electron chi connectivity index (χ3n) is 3.08. The van der Waals surface area contributed by atoms with E-state index in [0.717, 1.165) is 13.0 Å². The maximum absolute atomic E-state index is 11.3. The summed E-state index contributed by atoms with van der Waals surface area (Å²) in [5.74, 6) is 1.02. The summed E-state index contributed by atoms with van der Waals surface area (Å²) in [5, 5.41) is 7.60. The second-order valence-electron chi connectivity index (χ2n) is 4.46. The average Bonchev–Trinajstić information content (AvgIpc) is 2.83. The second-order valence-corrected chi connectivity index (χ2v) is 7.46. The first kappa shape index (κ1) is 12.1. The predicted octanol–water partition coefficient (Wildman–Crippen LogP) is 1.83. The van der Waals surface area contributed by atoms with Crippen LogP contribution in [0.25, 0.3) is 0 Å². The van der Waals surface area contributed by atoms with E-state index >= 15 is 0 Å². The first-order valence-corrected chi connectivity index (χ1v) is 8.29. The molecule has 1 aliphatic rings. The Hall–Kier alpha value is -0.390. The summed E-state index contributed by atoms with van der Waals surface area (Å²) in [5.41, 5.74) is 1.28. The molecule has 0 bridgehead atoms. The van der Waals surface area contributed by atoms with Gasteiger partial charge in [-0.1, -0.05) is 0 Å². The van der Waals surface area contributed by atoms with Gasteiger partial charge < -0.3 is 5.32 Å². The van der Waals surface area contributed by atoms with Gasteiger partial charge in [0.2, 0.25) is 0 Å². The summed E-state index contributed by atoms with van der Waals surface area (Å²) in [6.45, 7) is 2.92. The SMILES string of the molecule is CC(NCC1CCS(=O)(=O)C1)c1ccsc1. The topological polar surface area (TPSA) is 46.2 Å². The third kappa shape index (κ3) is 3.06. The standard InChI is InChI=1S/C11H17NO2S2/c1-9(11-2-4-15-7-11)12-6-10-3-5-16(13,14)8-10/h2,4,7,9-10,12H,3,5-6,8H2,1H3. The Bertz CT molecular complexity index is 425. The van der Waals surface area contributed by atoms with Gasteiger partial charge >= 0.3 is 0 Å². The summed E-state index contributed by atoms with van der Waals surface area (Å²) in [4.78, 5) is 0. The fourth-order valence-electron chi connectivity index (χ4n) is 2.02. The van der Waals surface area contributed by atoms with E-state index in [2.05, 4.69) is 29.1 Å². The van der Waals surface area contributed by atoms with Gasteiger partial charge in [-0.3, -0.25) is 0 Å². The number of hydrogen-bond donors (Lipinski definition) is 1. The van der Waals surface area contributed by atoms with Crippen molar-refractivity contribution >= 4 is 21.2 Å². The largest absolute Gasteiger partial charge is 0.310 e. The first-order chi connectivity index (χ1) is 7.57. The molecule has 90 valence electrons. The van der Waals surface area contributed by atoms with Crippen molar-refractivity contribution < 1.29 is 8.42 Å². The molecule has 2 atom stereocenters. The fraction of sp³-hybridized carbons (Fsp3) is 0.636. The van der Waals surface area contributed by atoms with E-state index in [1.165, 1.54) is 5.56 Å². The molecule has 2 rings (SSSR count). The molecule has 1 fully saturated rings. The molecule has 1 aromatic rings. The van der Waals surface area contributed by atoms with Gasteiger partial charge in [-0.05, 0) is 48.2 Å². The van der Waals surface area contributed by atoms with E-state index in [-0.39, 0.29) is 0 Å². The molecule has 5 heteroatoms. The second kappa shape index (κ2) is 4.85. The van der Waals surface area contributed by atoms with Gasteiger partial charge in [0, 0.05) is 6.04 Å². The summed E-state index contributed by atoms with van der Waals surface area (Å²) in [6, 6.07) is 2.42. The molecule has 0 aromatic carbocycles. The fourth-order valence-corrected chi connectivity index (χ4v) is 4.63. The number of sulfone groups is 1. The van der Waals surface area contributed by atoms with Crippen LogP contribution in [-0.4, -0.2) is 26.5 Å². The van der Waals surface area contributed by atoms with E-state index in [1.54, 1.807) is 11.3 Å². The zero-order valence-electron chi connectivity index (χ0n) is 9.35. The highest BCUT2D eigenvalue weighted by molar-refractivity contribution is 7.91. The summed E-state index contributed by atoms with van der Waals surface area (Å²) in [6.07, 6.45) is 0.811. The maximum atomic E-state index is 11.3. The van der Waals surface area contributed by atoms with Crippen LogP contribution in [0.15, 0.2) is 16.8 Å². The van der Waals surface area contributed by atoms with E-state index in [0.29, 0.717) is 23.5 Å². The van der Waals surface area contributed by atoms with Gasteiger partial charge in [-0.25, -0.2) is 8.42 Å². The Morgan fingerprint density at radius 1 is 1.62 bits per heavy atom. The molecule has 1 aliphatic heterocycles. The minimum absolute atomic E-state index is 0.297. The van der Waals surface area contributed by atoms with Gasteiger partial charge in [-0.15, -0.1) is 0 Å². The minimum atomic E-state index is -2.74. The molecule has 0 saturated carbocycles. The van der Waals surface area contributed by atoms with Crippen molar-refractivity contribution in [2.45, 2.75) is 19.4 Å². The van der Waals surface area contributed by atoms with Gasteiger partial charge in [0.25, 0.3) is 0 Å². The molecule has 0 aliphatic carbocycles. The number of rotatable bonds is 4. The number of hydrogen-bond acceptors (Lipinski definition) is 4. The van der Waals surface area contributed by atoms with Crippen molar-refractivity contribution in [2.24, 2.45) is 5.92 Å². The Balaban J connectivity index is 1.80. The van der Waals surface area contributed by atoms with E-state index in [9.17, 15) is 8.42 Å². The molecule has 1 saturated heterocycles. The van der Waals surface area contributed by atoms with Crippen molar-refractivity contribution in [3.05, 3.63) is 22.4 Å². The van der Waals surface area contributed by atoms with Gasteiger partial charge in [0.1, 0.15) is 0 Å². The Labute approximate surface area is 101 Å². The lowest BCUT2D eigenvalue weighted by Gasteiger charge is -2.15. The molecular formula is C11H17NO2S2. The van der Waals surface area contributed by atoms with E-state index in [1.807, 2.05) is 0 Å². The lowest BCUT2D eigenvalue weighted by Crippen LogP contribution is -2.26. The summed E-state index contributed by atoms with van der Waals surface area (Å²) >= 11 is 1.69. The van der Waals surface area contributed by atoms with Crippen molar-refractivity contribution in [2.75, 3.05) is 18.1 Å². The van der Waals surface area contributed by atoms with Gasteiger partial charge in [0.05, 0.1) is 11.5 Å². The monoisotopic (exact) mass is 259 g/mol. The van der Waals surface area contributed by atoms with Crippen LogP contribution in [-0.2, 0) is 9.84 Å². The van der Waals surface area contributed by atoms with Crippen LogP contribution >= 0.6 is 11.3 Å². The van der Waals surface area contributed by atoms with Crippen molar-refractivity contribution in [3.8, 4) is 0 Å². The predicted molar refractivity (Wildman–Crippen MR) is 67.5 cm³/mol. The van der Waals surface area contributed by atoms with Gasteiger partial charge in [0.15, 0.2) is 9.84 Å². The Morgan fingerprint density at radius 3 is 3.00 bits per heavy atom. The molecule has 0 amide bonds. The quantitative estimate of drug-likeness (QED) is 0.897. The van der Waals surface area contributed by atoms with Crippen LogP contribution < -0.4 is 5.32 Å². The highest BCUT2D eigenvalue weighted by Gasteiger charge is 2.27. The van der Waals surface area contributed by atoms with E-state index < -0.39 is 9.84 Å². The third-order valence-corrected chi connectivity index (χ3v) is 5.62. The van der Waals surface area contributed by atoms with Crippen molar-refractivity contribution in [3.63, 3.8) is 0 Å². The van der Waals surface area contributed by atoms with Crippen LogP contribution in [0.2, 0.25) is 0 Å². The molecular weight excluding hydrogens is 242 g/mol. The van der Waals surface area contributed by atoms with Crippen molar-refractivity contribution in [1.82, 2.24) is 5.32 Å². The molecule has 2 unspecified atom stereocenters. The van der Waals surface area contributed by atoms with Crippen molar-refractivity contribution in [1.29, 1.82) is 0 Å². The average molecular weight is 259 g/mol. The highest BCUT2D eigenvalue weighted by Crippen LogP contribution is 2.20. The molecule has 1 N–H and O–H groups in total. The molecule has 2 heterocycles. The number of thiophene rings is 1. The molecule has 1 aromatic heterocycles. The number of nitrogens with one attached hydrogen (secondary N) is 1. The van der Waals surface area contributed by atoms with Crippen LogP contribution in [0, 0.1) is 5.92 Å². The van der Waals surface area contributed by atoms with Crippen LogP contribution in [0.1, 0.15) is 24.9 Å². The lowest BCUT2D eigenvalue weighted by atomic mass is 10.1. The lowest BCUT2D eigenvalue weighted by molar-refractivity contribution is 0.477. The van der Waals surface area contributed by atoms with Crippen LogP contribution in [0.4, 0.5) is 0 Å². The van der Waals surface area contributed by atoms with Gasteiger partial charge in [-0.2, -0.15) is 11.3 Å². The Kier molecular flexibility index (Phi) is 3.66. The normalized spacial score (nSPS) is 25.7. The zero-order chi connectivity index (χ0) is 11.6. The highest BCUT2D eigenvalue weighted by atomic mass is 32.2. The molecule has 0 radical (unpaired) electrons. The molecule has 16 heavy (non-hydrogen) atoms. The minimum Gasteiger partial charge on any atom is -0.310 e. The summed E-state index contributed by atoms with van der Waals surface area (Å²) in [7, 11) is -2.74. The van der Waals surface area contributed by atoms with E-state index in [4.69, 9.17) is 0 Å². The Morgan fingerprint density at radius 2 is 2.44 bits per heavy atom. The van der Waals surface area contributed by atoms with Crippen LogP contribution in [0.3, 0.4) is 0 Å². The first-order valence-electron chi connectivity index (χ1n) is 5.53. The molecule has 0 spiro atoms. The molecule has 3 nitrogen and oxygen atoms in total. The van der Waals surface area contributed by atoms with Crippen LogP contribution in [0.5, 0.6) is 0 Å². The smallest absolute Gasteiger partial charge is 0.150 e. The zero-order valence-corrected chi connectivity index (χ0v) is 11.0.